The Morgan fingerprint density at radius 2 is 2.38 bits per heavy atom. The Morgan fingerprint density at radius 3 is 2.85 bits per heavy atom. The van der Waals surface area contributed by atoms with Crippen LogP contribution in [0.5, 0.6) is 0 Å². The summed E-state index contributed by atoms with van der Waals surface area (Å²) in [6.45, 7) is 1.41. The highest BCUT2D eigenvalue weighted by atomic mass is 16.3. The summed E-state index contributed by atoms with van der Waals surface area (Å²) >= 11 is 0. The monoisotopic (exact) mass is 183 g/mol. The molecule has 1 rings (SSSR count). The molecule has 70 valence electrons. The second kappa shape index (κ2) is 3.70. The molecule has 0 atom stereocenters. The van der Waals surface area contributed by atoms with Gasteiger partial charge in [0.05, 0.1) is 6.54 Å². The molecule has 0 aliphatic rings. The van der Waals surface area contributed by atoms with Crippen LogP contribution >= 0.6 is 0 Å². The van der Waals surface area contributed by atoms with Crippen LogP contribution in [0.1, 0.15) is 16.4 Å². The van der Waals surface area contributed by atoms with Crippen molar-refractivity contribution in [1.29, 1.82) is 0 Å². The topological polar surface area (TPSA) is 98.2 Å². The summed E-state index contributed by atoms with van der Waals surface area (Å²) in [5.74, 6) is -0.687. The zero-order chi connectivity index (χ0) is 9.84. The molecular formula is C7H9N3O3. The lowest BCUT2D eigenvalue weighted by Gasteiger charge is -1.97. The minimum absolute atomic E-state index is 0.138. The molecule has 0 saturated heterocycles. The number of aromatic nitrogens is 1. The first-order valence-electron chi connectivity index (χ1n) is 3.58. The zero-order valence-corrected chi connectivity index (χ0v) is 7.03. The molecule has 0 radical (unpaired) electrons. The second-order valence-electron chi connectivity index (χ2n) is 2.40. The first-order valence-corrected chi connectivity index (χ1v) is 3.58. The smallest absolute Gasteiger partial charge is 0.273 e. The molecule has 0 aliphatic heterocycles. The Kier molecular flexibility index (Phi) is 2.63. The number of amides is 2. The first kappa shape index (κ1) is 9.24. The van der Waals surface area contributed by atoms with Crippen LogP contribution in [0, 0.1) is 6.92 Å². The number of oxazole rings is 1. The lowest BCUT2D eigenvalue weighted by molar-refractivity contribution is -0.117. The summed E-state index contributed by atoms with van der Waals surface area (Å²) in [7, 11) is 0. The van der Waals surface area contributed by atoms with Crippen molar-refractivity contribution in [1.82, 2.24) is 10.3 Å². The lowest BCUT2D eigenvalue weighted by atomic mass is 10.4. The number of hydrogen-bond acceptors (Lipinski definition) is 4. The summed E-state index contributed by atoms with van der Waals surface area (Å²) in [6, 6.07) is 0. The van der Waals surface area contributed by atoms with Gasteiger partial charge in [-0.05, 0) is 0 Å². The Labute approximate surface area is 74.1 Å². The maximum absolute atomic E-state index is 11.1. The fourth-order valence-electron chi connectivity index (χ4n) is 0.726. The highest BCUT2D eigenvalue weighted by molar-refractivity contribution is 5.94. The minimum atomic E-state index is -0.603. The molecule has 1 aromatic rings. The van der Waals surface area contributed by atoms with Crippen LogP contribution in [0.4, 0.5) is 0 Å². The largest absolute Gasteiger partial charge is 0.448 e. The summed E-state index contributed by atoms with van der Waals surface area (Å²) in [5.41, 5.74) is 4.96. The molecule has 13 heavy (non-hydrogen) atoms. The third-order valence-corrected chi connectivity index (χ3v) is 1.27. The fourth-order valence-corrected chi connectivity index (χ4v) is 0.726. The molecule has 0 aromatic carbocycles. The molecule has 0 bridgehead atoms. The Balaban J connectivity index is 2.54. The molecule has 0 aliphatic carbocycles. The van der Waals surface area contributed by atoms with Gasteiger partial charge in [-0.1, -0.05) is 0 Å². The van der Waals surface area contributed by atoms with Crippen molar-refractivity contribution in [3.8, 4) is 0 Å². The van der Waals surface area contributed by atoms with Gasteiger partial charge in [0.1, 0.15) is 6.26 Å². The van der Waals surface area contributed by atoms with Crippen LogP contribution in [0.25, 0.3) is 0 Å². The Hall–Kier alpha value is -1.85. The number of nitrogens with one attached hydrogen (secondary N) is 1. The number of nitrogens with two attached hydrogens (primary N) is 1. The number of primary amides is 1. The number of aryl methyl sites for hydroxylation is 1. The third-order valence-electron chi connectivity index (χ3n) is 1.27. The number of hydrogen-bond donors (Lipinski definition) is 2. The van der Waals surface area contributed by atoms with Gasteiger partial charge in [-0.3, -0.25) is 9.59 Å². The van der Waals surface area contributed by atoms with Crippen LogP contribution in [0.2, 0.25) is 0 Å². The van der Waals surface area contributed by atoms with Crippen molar-refractivity contribution in [3.63, 3.8) is 0 Å². The van der Waals surface area contributed by atoms with Crippen LogP contribution in [-0.2, 0) is 4.79 Å². The number of rotatable bonds is 3. The first-order chi connectivity index (χ1) is 6.09. The van der Waals surface area contributed by atoms with E-state index < -0.39 is 11.8 Å². The van der Waals surface area contributed by atoms with Crippen molar-refractivity contribution in [2.24, 2.45) is 5.73 Å². The maximum atomic E-state index is 11.1. The summed E-state index contributed by atoms with van der Waals surface area (Å²) in [4.78, 5) is 25.2. The van der Waals surface area contributed by atoms with E-state index in [0.29, 0.717) is 5.89 Å². The standard InChI is InChI=1S/C7H9N3O3/c1-4-10-5(3-13-4)7(12)9-2-6(8)11/h3H,2H2,1H3,(H2,8,11)(H,9,12). The third kappa shape index (κ3) is 2.58. The molecule has 0 saturated carbocycles. The van der Waals surface area contributed by atoms with Crippen molar-refractivity contribution >= 4 is 11.8 Å². The van der Waals surface area contributed by atoms with E-state index in [1.165, 1.54) is 6.26 Å². The summed E-state index contributed by atoms with van der Waals surface area (Å²) in [5, 5.41) is 2.28. The summed E-state index contributed by atoms with van der Waals surface area (Å²) < 4.78 is 4.80. The van der Waals surface area contributed by atoms with E-state index in [1.807, 2.05) is 0 Å². The van der Waals surface area contributed by atoms with Crippen molar-refractivity contribution in [3.05, 3.63) is 17.8 Å². The normalized spacial score (nSPS) is 9.62. The Bertz CT molecular complexity index is 331. The van der Waals surface area contributed by atoms with E-state index in [-0.39, 0.29) is 12.2 Å². The number of nitrogens with zero attached hydrogens (tertiary/aromatic N) is 1. The van der Waals surface area contributed by atoms with E-state index in [4.69, 9.17) is 10.2 Å². The van der Waals surface area contributed by atoms with Crippen LogP contribution in [0.3, 0.4) is 0 Å². The minimum Gasteiger partial charge on any atom is -0.448 e. The second-order valence-corrected chi connectivity index (χ2v) is 2.40. The van der Waals surface area contributed by atoms with Crippen molar-refractivity contribution < 1.29 is 14.0 Å². The van der Waals surface area contributed by atoms with Crippen molar-refractivity contribution in [2.45, 2.75) is 6.92 Å². The molecule has 0 fully saturated rings. The molecule has 1 aromatic heterocycles. The molecule has 2 amide bonds. The quantitative estimate of drug-likeness (QED) is 0.640. The molecule has 6 heteroatoms. The van der Waals surface area contributed by atoms with Crippen LogP contribution in [0.15, 0.2) is 10.7 Å². The van der Waals surface area contributed by atoms with Gasteiger partial charge in [0.15, 0.2) is 11.6 Å². The van der Waals surface area contributed by atoms with Gasteiger partial charge in [0.2, 0.25) is 5.91 Å². The van der Waals surface area contributed by atoms with Crippen LogP contribution < -0.4 is 11.1 Å². The van der Waals surface area contributed by atoms with Crippen LogP contribution in [-0.4, -0.2) is 23.3 Å². The van der Waals surface area contributed by atoms with Gasteiger partial charge in [0, 0.05) is 6.92 Å². The van der Waals surface area contributed by atoms with Gasteiger partial charge >= 0.3 is 0 Å². The fraction of sp³-hybridized carbons (Fsp3) is 0.286. The average molecular weight is 183 g/mol. The Morgan fingerprint density at radius 1 is 1.69 bits per heavy atom. The number of carbonyl (C=O) groups is 2. The van der Waals surface area contributed by atoms with E-state index in [0.717, 1.165) is 0 Å². The van der Waals surface area contributed by atoms with E-state index in [2.05, 4.69) is 10.3 Å². The maximum Gasteiger partial charge on any atom is 0.273 e. The average Bonchev–Trinajstić information content (AvgIpc) is 2.47. The lowest BCUT2D eigenvalue weighted by Crippen LogP contribution is -2.33. The van der Waals surface area contributed by atoms with Gasteiger partial charge in [0.25, 0.3) is 5.91 Å². The molecule has 3 N–H and O–H groups in total. The van der Waals surface area contributed by atoms with Crippen molar-refractivity contribution in [2.75, 3.05) is 6.54 Å². The molecule has 6 nitrogen and oxygen atoms in total. The van der Waals surface area contributed by atoms with E-state index in [1.54, 1.807) is 6.92 Å². The van der Waals surface area contributed by atoms with Gasteiger partial charge in [-0.15, -0.1) is 0 Å². The SMILES string of the molecule is Cc1nc(C(=O)NCC(N)=O)co1. The summed E-state index contributed by atoms with van der Waals surface area (Å²) in [6.07, 6.45) is 1.21. The molecule has 0 unspecified atom stereocenters. The predicted octanol–water partition coefficient (Wildman–Crippen LogP) is -0.802. The van der Waals surface area contributed by atoms with E-state index in [9.17, 15) is 9.59 Å². The van der Waals surface area contributed by atoms with Gasteiger partial charge in [-0.25, -0.2) is 4.98 Å². The van der Waals surface area contributed by atoms with Gasteiger partial charge in [-0.2, -0.15) is 0 Å². The predicted molar refractivity (Wildman–Crippen MR) is 42.8 cm³/mol. The van der Waals surface area contributed by atoms with Gasteiger partial charge < -0.3 is 15.5 Å². The molecule has 0 spiro atoms. The highest BCUT2D eigenvalue weighted by Crippen LogP contribution is 1.98. The number of carbonyl (C=O) groups excluding carboxylic acids is 2. The molecule has 1 heterocycles. The highest BCUT2D eigenvalue weighted by Gasteiger charge is 2.10. The zero-order valence-electron chi connectivity index (χ0n) is 7.03. The molecular weight excluding hydrogens is 174 g/mol. The van der Waals surface area contributed by atoms with E-state index >= 15 is 0 Å².